The van der Waals surface area contributed by atoms with Crippen LogP contribution in [0.25, 0.3) is 11.3 Å². The molecule has 3 aromatic heterocycles. The fourth-order valence-electron chi connectivity index (χ4n) is 3.02. The van der Waals surface area contributed by atoms with Gasteiger partial charge < -0.3 is 10.1 Å². The fraction of sp³-hybridized carbons (Fsp3) is 0.273. The van der Waals surface area contributed by atoms with Crippen molar-refractivity contribution >= 4 is 5.97 Å². The largest absolute Gasteiger partial charge is 0.477 e. The Morgan fingerprint density at radius 1 is 0.933 bits per heavy atom. The van der Waals surface area contributed by atoms with Gasteiger partial charge in [0.25, 0.3) is 0 Å². The third kappa shape index (κ3) is 4.31. The van der Waals surface area contributed by atoms with Crippen molar-refractivity contribution in [1.82, 2.24) is 15.0 Å². The minimum atomic E-state index is -1.10. The van der Waals surface area contributed by atoms with Gasteiger partial charge in [-0.05, 0) is 23.9 Å². The molecule has 0 saturated heterocycles. The third-order valence-corrected chi connectivity index (χ3v) is 5.56. The van der Waals surface area contributed by atoms with E-state index in [4.69, 9.17) is 0 Å². The summed E-state index contributed by atoms with van der Waals surface area (Å²) >= 11 is 0. The van der Waals surface area contributed by atoms with E-state index in [9.17, 15) is 18.7 Å². The minimum Gasteiger partial charge on any atom is -0.477 e. The first-order valence-electron chi connectivity index (χ1n) is 8.96. The van der Waals surface area contributed by atoms with E-state index in [1.165, 1.54) is 6.07 Å². The van der Waals surface area contributed by atoms with Crippen LogP contribution in [0.2, 0.25) is 0 Å². The zero-order valence-corrected chi connectivity index (χ0v) is 19.1. The van der Waals surface area contributed by atoms with E-state index < -0.39 is 28.7 Å². The number of hydrogen-bond donors (Lipinski definition) is 1. The van der Waals surface area contributed by atoms with Crippen molar-refractivity contribution in [3.8, 4) is 11.3 Å². The van der Waals surface area contributed by atoms with Crippen LogP contribution in [0.3, 0.4) is 0 Å². The molecule has 0 atom stereocenters. The van der Waals surface area contributed by atoms with Crippen LogP contribution in [0.15, 0.2) is 42.5 Å². The molecule has 3 aromatic rings. The summed E-state index contributed by atoms with van der Waals surface area (Å²) in [7, 11) is 0. The van der Waals surface area contributed by atoms with Crippen molar-refractivity contribution in [2.24, 2.45) is 0 Å². The maximum absolute atomic E-state index is 14.1. The van der Waals surface area contributed by atoms with Crippen LogP contribution in [0.4, 0.5) is 8.78 Å². The molecule has 5 nitrogen and oxygen atoms in total. The molecular weight excluding hydrogens is 571 g/mol. The van der Waals surface area contributed by atoms with Gasteiger partial charge in [-0.3, -0.25) is 4.98 Å². The Kier molecular flexibility index (Phi) is 6.87. The Morgan fingerprint density at radius 2 is 1.50 bits per heavy atom. The molecule has 0 aliphatic carbocycles. The number of aromatic nitrogens is 3. The Morgan fingerprint density at radius 3 is 2.07 bits per heavy atom. The molecule has 3 heterocycles. The van der Waals surface area contributed by atoms with Gasteiger partial charge >= 0.3 is 5.97 Å². The molecule has 1 N–H and O–H groups in total. The topological polar surface area (TPSA) is 76.0 Å². The van der Waals surface area contributed by atoms with E-state index in [-0.39, 0.29) is 38.0 Å². The number of carbonyl (C=O) groups is 1. The summed E-state index contributed by atoms with van der Waals surface area (Å²) in [5.74, 6) is -3.04. The first kappa shape index (κ1) is 23.7. The molecule has 0 amide bonds. The average molecular weight is 591 g/mol. The fourth-order valence-corrected chi connectivity index (χ4v) is 3.02. The van der Waals surface area contributed by atoms with Crippen LogP contribution in [0.1, 0.15) is 49.6 Å². The van der Waals surface area contributed by atoms with Crippen molar-refractivity contribution in [2.75, 3.05) is 0 Å². The van der Waals surface area contributed by atoms with Gasteiger partial charge in [0.15, 0.2) is 0 Å². The summed E-state index contributed by atoms with van der Waals surface area (Å²) in [6, 6.07) is 13.5. The monoisotopic (exact) mass is 591 g/mol. The molecule has 0 fully saturated rings. The van der Waals surface area contributed by atoms with E-state index in [1.807, 2.05) is 27.7 Å². The first-order valence-corrected chi connectivity index (χ1v) is 8.96. The van der Waals surface area contributed by atoms with Crippen LogP contribution in [0, 0.1) is 18.0 Å². The number of carboxylic acids is 1. The summed E-state index contributed by atoms with van der Waals surface area (Å²) in [5, 5.41) is 9.26. The number of pyridine rings is 3. The zero-order valence-electron chi connectivity index (χ0n) is 16.8. The van der Waals surface area contributed by atoms with Gasteiger partial charge in [0.1, 0.15) is 17.6 Å². The van der Waals surface area contributed by atoms with Crippen molar-refractivity contribution in [3.63, 3.8) is 0 Å². The second-order valence-electron chi connectivity index (χ2n) is 7.76. The van der Waals surface area contributed by atoms with E-state index in [0.29, 0.717) is 11.4 Å². The quantitative estimate of drug-likeness (QED) is 0.348. The van der Waals surface area contributed by atoms with Crippen molar-refractivity contribution in [1.29, 1.82) is 0 Å². The minimum absolute atomic E-state index is 0. The molecule has 30 heavy (non-hydrogen) atoms. The number of carboxylic acid groups (broad SMARTS) is 1. The number of nitrogens with zero attached hydrogens (tertiary/aromatic N) is 3. The molecule has 0 unspecified atom stereocenters. The predicted molar refractivity (Wildman–Crippen MR) is 103 cm³/mol. The smallest absolute Gasteiger partial charge is 0.354 e. The maximum atomic E-state index is 14.1. The van der Waals surface area contributed by atoms with E-state index in [2.05, 4.69) is 21.0 Å². The molecule has 0 radical (unpaired) electrons. The first-order chi connectivity index (χ1) is 13.5. The SMILES string of the molecule is CC(C)(c1cccc(C(=O)O)n1)C(C)(C)c1cccc(-c2[c-]cc(F)nc2F)n1.[Pt]. The predicted octanol–water partition coefficient (Wildman–Crippen LogP) is 4.57. The molecule has 160 valence electrons. The van der Waals surface area contributed by atoms with E-state index in [0.717, 1.165) is 6.07 Å². The summed E-state index contributed by atoms with van der Waals surface area (Å²) in [4.78, 5) is 23.4. The molecule has 0 spiro atoms. The molecule has 8 heteroatoms. The third-order valence-electron chi connectivity index (χ3n) is 5.56. The van der Waals surface area contributed by atoms with Gasteiger partial charge in [-0.2, -0.15) is 0 Å². The van der Waals surface area contributed by atoms with Crippen LogP contribution in [-0.2, 0) is 31.9 Å². The normalized spacial score (nSPS) is 11.7. The summed E-state index contributed by atoms with van der Waals surface area (Å²) in [6.07, 6.45) is 0. The second kappa shape index (κ2) is 8.68. The van der Waals surface area contributed by atoms with Gasteiger partial charge in [-0.1, -0.05) is 57.5 Å². The second-order valence-corrected chi connectivity index (χ2v) is 7.76. The zero-order chi connectivity index (χ0) is 21.4. The molecule has 0 bridgehead atoms. The summed E-state index contributed by atoms with van der Waals surface area (Å²) < 4.78 is 27.2. The van der Waals surface area contributed by atoms with Crippen LogP contribution in [-0.4, -0.2) is 26.0 Å². The van der Waals surface area contributed by atoms with Crippen molar-refractivity contribution in [3.05, 3.63) is 77.5 Å². The van der Waals surface area contributed by atoms with Gasteiger partial charge in [0.2, 0.25) is 0 Å². The Bertz CT molecular complexity index is 1090. The van der Waals surface area contributed by atoms with Crippen molar-refractivity contribution in [2.45, 2.75) is 38.5 Å². The number of halogens is 2. The number of hydrogen-bond acceptors (Lipinski definition) is 4. The number of rotatable bonds is 5. The number of aromatic carboxylic acids is 1. The van der Waals surface area contributed by atoms with Crippen molar-refractivity contribution < 1.29 is 39.7 Å². The van der Waals surface area contributed by atoms with Gasteiger partial charge in [0.05, 0.1) is 0 Å². The Labute approximate surface area is 187 Å². The molecule has 0 aromatic carbocycles. The maximum Gasteiger partial charge on any atom is 0.354 e. The summed E-state index contributed by atoms with van der Waals surface area (Å²) in [5.41, 5.74) is 0.221. The van der Waals surface area contributed by atoms with Crippen LogP contribution < -0.4 is 0 Å². The standard InChI is InChI=1S/C22H20F2N3O2.Pt/c1-21(2,22(3,4)17-10-6-8-15(26-17)20(28)29)16-9-5-7-14(25-16)13-11-12-18(23)27-19(13)24;/h5-10,12H,1-4H3,(H,28,29);/q-1;. The van der Waals surface area contributed by atoms with Gasteiger partial charge in [-0.25, -0.2) is 18.6 Å². The molecular formula is C22H20F2N3O2Pt-. The molecule has 0 aliphatic rings. The average Bonchev–Trinajstić information content (AvgIpc) is 2.68. The molecule has 0 aliphatic heterocycles. The van der Waals surface area contributed by atoms with E-state index in [1.54, 1.807) is 30.3 Å². The Hall–Kier alpha value is -2.53. The van der Waals surface area contributed by atoms with Crippen LogP contribution in [0.5, 0.6) is 0 Å². The molecule has 0 saturated carbocycles. The molecule has 3 rings (SSSR count). The van der Waals surface area contributed by atoms with Gasteiger partial charge in [-0.15, -0.1) is 6.07 Å². The van der Waals surface area contributed by atoms with Crippen LogP contribution >= 0.6 is 0 Å². The van der Waals surface area contributed by atoms with E-state index >= 15 is 0 Å². The summed E-state index contributed by atoms with van der Waals surface area (Å²) in [6.45, 7) is 7.80. The Balaban J connectivity index is 0.00000320. The van der Waals surface area contributed by atoms with Gasteiger partial charge in [0, 0.05) is 43.3 Å².